The normalized spacial score (nSPS) is 14.4. The maximum absolute atomic E-state index is 5.14. The minimum Gasteiger partial charge on any atom is -0.459 e. The molecule has 1 heterocycles. The number of rotatable bonds is 1. The fourth-order valence-electron chi connectivity index (χ4n) is 2.02. The fourth-order valence-corrected chi connectivity index (χ4v) is 2.58. The molecular weight excluding hydrogens is 280 g/mol. The number of anilines is 1. The number of ether oxygens (including phenoxy) is 1. The van der Waals surface area contributed by atoms with Gasteiger partial charge in [0.1, 0.15) is 0 Å². The Morgan fingerprint density at radius 3 is 2.94 bits per heavy atom. The lowest BCUT2D eigenvalue weighted by Gasteiger charge is -2.17. The van der Waals surface area contributed by atoms with Gasteiger partial charge in [-0.1, -0.05) is 24.3 Å². The van der Waals surface area contributed by atoms with E-state index in [0.29, 0.717) is 6.73 Å². The smallest absolute Gasteiger partial charge is 0.195 e. The molecular formula is C13H11BrN2O. The highest BCUT2D eigenvalue weighted by atomic mass is 79.9. The summed E-state index contributed by atoms with van der Waals surface area (Å²) >= 11 is 3.66. The summed E-state index contributed by atoms with van der Waals surface area (Å²) in [5.41, 5.74) is 2.25. The molecule has 0 aromatic heterocycles. The van der Waals surface area contributed by atoms with Gasteiger partial charge in [-0.05, 0) is 45.3 Å². The monoisotopic (exact) mass is 290 g/mol. The van der Waals surface area contributed by atoms with E-state index in [1.165, 1.54) is 22.7 Å². The van der Waals surface area contributed by atoms with E-state index >= 15 is 0 Å². The molecule has 1 aliphatic heterocycles. The maximum Gasteiger partial charge on any atom is 0.195 e. The van der Waals surface area contributed by atoms with Gasteiger partial charge < -0.3 is 4.74 Å². The van der Waals surface area contributed by atoms with Gasteiger partial charge in [-0.15, -0.1) is 5.10 Å². The molecule has 86 valence electrons. The zero-order chi connectivity index (χ0) is 11.8. The first-order chi connectivity index (χ1) is 8.27. The maximum atomic E-state index is 5.14. The third kappa shape index (κ3) is 1.69. The van der Waals surface area contributed by atoms with Crippen LogP contribution in [0.4, 0.5) is 5.69 Å². The minimum absolute atomic E-state index is 0.478. The standard InChI is InChI=1S/C13H11BrN2O/c1-9-12(16-8-17-7-15-16)6-10-4-2-3-5-11(10)13(9)14/h2-7H,8H2,1H3. The molecule has 0 atom stereocenters. The summed E-state index contributed by atoms with van der Waals surface area (Å²) in [6.07, 6.45) is 1.47. The van der Waals surface area contributed by atoms with Crippen molar-refractivity contribution in [2.24, 2.45) is 5.10 Å². The van der Waals surface area contributed by atoms with Gasteiger partial charge in [0.15, 0.2) is 13.1 Å². The summed E-state index contributed by atoms with van der Waals surface area (Å²) in [5, 5.41) is 8.45. The largest absolute Gasteiger partial charge is 0.459 e. The van der Waals surface area contributed by atoms with Gasteiger partial charge in [0.25, 0.3) is 0 Å². The van der Waals surface area contributed by atoms with Crippen LogP contribution in [0, 0.1) is 6.92 Å². The van der Waals surface area contributed by atoms with E-state index in [2.05, 4.69) is 46.2 Å². The van der Waals surface area contributed by atoms with Gasteiger partial charge >= 0.3 is 0 Å². The van der Waals surface area contributed by atoms with Gasteiger partial charge in [-0.3, -0.25) is 0 Å². The zero-order valence-electron chi connectivity index (χ0n) is 9.35. The second kappa shape index (κ2) is 4.04. The quantitative estimate of drug-likeness (QED) is 0.801. The first-order valence-electron chi connectivity index (χ1n) is 5.37. The van der Waals surface area contributed by atoms with E-state index in [1.54, 1.807) is 0 Å². The average Bonchev–Trinajstić information content (AvgIpc) is 2.87. The highest BCUT2D eigenvalue weighted by molar-refractivity contribution is 9.10. The predicted octanol–water partition coefficient (Wildman–Crippen LogP) is 3.65. The van der Waals surface area contributed by atoms with Gasteiger partial charge in [-0.25, -0.2) is 5.01 Å². The number of hydrogen-bond donors (Lipinski definition) is 0. The Kier molecular flexibility index (Phi) is 2.52. The molecule has 17 heavy (non-hydrogen) atoms. The van der Waals surface area contributed by atoms with E-state index in [1.807, 2.05) is 17.1 Å². The van der Waals surface area contributed by atoms with Crippen LogP contribution in [0.3, 0.4) is 0 Å². The number of nitrogens with zero attached hydrogens (tertiary/aromatic N) is 2. The van der Waals surface area contributed by atoms with E-state index in [0.717, 1.165) is 10.2 Å². The summed E-state index contributed by atoms with van der Waals surface area (Å²) in [6.45, 7) is 2.56. The lowest BCUT2D eigenvalue weighted by molar-refractivity contribution is 0.350. The van der Waals surface area contributed by atoms with Crippen LogP contribution < -0.4 is 5.01 Å². The van der Waals surface area contributed by atoms with Crippen molar-refractivity contribution >= 4 is 38.8 Å². The molecule has 3 rings (SSSR count). The molecule has 4 heteroatoms. The molecule has 0 saturated heterocycles. The number of hydrazone groups is 1. The molecule has 0 fully saturated rings. The van der Waals surface area contributed by atoms with Crippen LogP contribution in [0.25, 0.3) is 10.8 Å². The SMILES string of the molecule is Cc1c(N2COC=N2)cc2ccccc2c1Br. The molecule has 0 radical (unpaired) electrons. The number of hydrogen-bond acceptors (Lipinski definition) is 3. The molecule has 3 nitrogen and oxygen atoms in total. The first kappa shape index (κ1) is 10.6. The van der Waals surface area contributed by atoms with E-state index in [9.17, 15) is 0 Å². The van der Waals surface area contributed by atoms with Crippen LogP contribution >= 0.6 is 15.9 Å². The topological polar surface area (TPSA) is 24.8 Å². The first-order valence-corrected chi connectivity index (χ1v) is 6.16. The molecule has 2 aromatic rings. The van der Waals surface area contributed by atoms with Crippen molar-refractivity contribution in [2.75, 3.05) is 11.7 Å². The second-order valence-electron chi connectivity index (χ2n) is 3.97. The predicted molar refractivity (Wildman–Crippen MR) is 73.3 cm³/mol. The lowest BCUT2D eigenvalue weighted by Crippen LogP contribution is -2.14. The van der Waals surface area contributed by atoms with Crippen LogP contribution in [-0.4, -0.2) is 13.1 Å². The van der Waals surface area contributed by atoms with E-state index < -0.39 is 0 Å². The molecule has 0 N–H and O–H groups in total. The number of benzene rings is 2. The Morgan fingerprint density at radius 1 is 1.35 bits per heavy atom. The molecule has 0 spiro atoms. The summed E-state index contributed by atoms with van der Waals surface area (Å²) in [4.78, 5) is 0. The van der Waals surface area contributed by atoms with Crippen molar-refractivity contribution in [1.82, 2.24) is 0 Å². The summed E-state index contributed by atoms with van der Waals surface area (Å²) in [5.74, 6) is 0. The van der Waals surface area contributed by atoms with Crippen LogP contribution in [0.5, 0.6) is 0 Å². The van der Waals surface area contributed by atoms with E-state index in [-0.39, 0.29) is 0 Å². The van der Waals surface area contributed by atoms with Crippen LogP contribution in [-0.2, 0) is 4.74 Å². The summed E-state index contributed by atoms with van der Waals surface area (Å²) < 4.78 is 6.26. The van der Waals surface area contributed by atoms with Crippen molar-refractivity contribution in [3.05, 3.63) is 40.4 Å². The van der Waals surface area contributed by atoms with Gasteiger partial charge in [-0.2, -0.15) is 0 Å². The molecule has 0 unspecified atom stereocenters. The fraction of sp³-hybridized carbons (Fsp3) is 0.154. The van der Waals surface area contributed by atoms with Gasteiger partial charge in [0.2, 0.25) is 0 Å². The summed E-state index contributed by atoms with van der Waals surface area (Å²) in [7, 11) is 0. The highest BCUT2D eigenvalue weighted by Gasteiger charge is 2.15. The van der Waals surface area contributed by atoms with E-state index in [4.69, 9.17) is 4.74 Å². The van der Waals surface area contributed by atoms with Crippen molar-refractivity contribution < 1.29 is 4.74 Å². The van der Waals surface area contributed by atoms with Crippen LogP contribution in [0.1, 0.15) is 5.56 Å². The Balaban J connectivity index is 2.25. The number of fused-ring (bicyclic) bond motifs is 1. The molecule has 0 amide bonds. The number of halogens is 1. The van der Waals surface area contributed by atoms with Crippen LogP contribution in [0.2, 0.25) is 0 Å². The highest BCUT2D eigenvalue weighted by Crippen LogP contribution is 2.35. The van der Waals surface area contributed by atoms with Gasteiger partial charge in [0.05, 0.1) is 5.69 Å². The molecule has 0 aliphatic carbocycles. The Bertz CT molecular complexity index is 610. The minimum atomic E-state index is 0.478. The summed E-state index contributed by atoms with van der Waals surface area (Å²) in [6, 6.07) is 10.4. The van der Waals surface area contributed by atoms with Crippen molar-refractivity contribution in [3.63, 3.8) is 0 Å². The Morgan fingerprint density at radius 2 is 2.18 bits per heavy atom. The van der Waals surface area contributed by atoms with Crippen molar-refractivity contribution in [1.29, 1.82) is 0 Å². The molecule has 0 saturated carbocycles. The zero-order valence-corrected chi connectivity index (χ0v) is 10.9. The Labute approximate surface area is 108 Å². The average molecular weight is 291 g/mol. The van der Waals surface area contributed by atoms with Crippen LogP contribution in [0.15, 0.2) is 39.9 Å². The molecule has 2 aromatic carbocycles. The van der Waals surface area contributed by atoms with Crippen molar-refractivity contribution in [2.45, 2.75) is 6.92 Å². The lowest BCUT2D eigenvalue weighted by atomic mass is 10.1. The van der Waals surface area contributed by atoms with Gasteiger partial charge in [0, 0.05) is 4.47 Å². The second-order valence-corrected chi connectivity index (χ2v) is 4.76. The molecule has 0 bridgehead atoms. The molecule has 1 aliphatic rings. The third-order valence-corrected chi connectivity index (χ3v) is 3.96. The Hall–Kier alpha value is -1.55. The van der Waals surface area contributed by atoms with Crippen molar-refractivity contribution in [3.8, 4) is 0 Å². The third-order valence-electron chi connectivity index (χ3n) is 2.94.